The Kier molecular flexibility index (Phi) is 2.77. The van der Waals surface area contributed by atoms with Crippen molar-refractivity contribution in [3.63, 3.8) is 0 Å². The summed E-state index contributed by atoms with van der Waals surface area (Å²) in [6.07, 6.45) is -0.0299. The fourth-order valence-corrected chi connectivity index (χ4v) is 1.83. The van der Waals surface area contributed by atoms with E-state index in [9.17, 15) is 14.4 Å². The number of likely N-dealkylation sites (N-methyl/N-ethyl adjacent to an activating group) is 1. The number of aryl methyl sites for hydroxylation is 1. The lowest BCUT2D eigenvalue weighted by atomic mass is 10.2. The third kappa shape index (κ3) is 1.81. The van der Waals surface area contributed by atoms with Gasteiger partial charge < -0.3 is 11.1 Å². The second-order valence-electron chi connectivity index (χ2n) is 4.13. The number of nitrogens with one attached hydrogen (secondary N) is 2. The molecule has 3 amide bonds. The van der Waals surface area contributed by atoms with Crippen LogP contribution in [0.1, 0.15) is 22.5 Å². The molecule has 4 N–H and O–H groups in total. The molecule has 18 heavy (non-hydrogen) atoms. The van der Waals surface area contributed by atoms with Crippen LogP contribution in [0.15, 0.2) is 0 Å². The second kappa shape index (κ2) is 4.13. The van der Waals surface area contributed by atoms with Crippen LogP contribution in [-0.4, -0.2) is 45.9 Å². The van der Waals surface area contributed by atoms with Gasteiger partial charge in [0.25, 0.3) is 11.8 Å². The molecule has 8 heteroatoms. The molecule has 1 aliphatic heterocycles. The first-order chi connectivity index (χ1) is 8.41. The van der Waals surface area contributed by atoms with Crippen molar-refractivity contribution in [1.29, 1.82) is 0 Å². The predicted molar refractivity (Wildman–Crippen MR) is 61.4 cm³/mol. The van der Waals surface area contributed by atoms with Crippen LogP contribution in [-0.2, 0) is 9.59 Å². The van der Waals surface area contributed by atoms with Gasteiger partial charge in [0.2, 0.25) is 5.91 Å². The van der Waals surface area contributed by atoms with Gasteiger partial charge in [-0.15, -0.1) is 0 Å². The van der Waals surface area contributed by atoms with Gasteiger partial charge in [-0.25, -0.2) is 0 Å². The van der Waals surface area contributed by atoms with Crippen molar-refractivity contribution in [2.24, 2.45) is 0 Å². The molecule has 0 saturated carbocycles. The van der Waals surface area contributed by atoms with E-state index in [0.29, 0.717) is 5.69 Å². The lowest BCUT2D eigenvalue weighted by Gasteiger charge is -2.10. The number of rotatable bonds is 2. The minimum atomic E-state index is -0.830. The number of hydrogen-bond acceptors (Lipinski definition) is 5. The molecule has 0 spiro atoms. The number of anilines is 1. The molecule has 0 bridgehead atoms. The maximum Gasteiger partial charge on any atom is 0.257 e. The number of imide groups is 1. The Morgan fingerprint density at radius 1 is 1.56 bits per heavy atom. The van der Waals surface area contributed by atoms with Crippen LogP contribution in [0.3, 0.4) is 0 Å². The molecular formula is C10H13N5O3. The fraction of sp³-hybridized carbons (Fsp3) is 0.400. The van der Waals surface area contributed by atoms with E-state index in [2.05, 4.69) is 15.5 Å². The highest BCUT2D eigenvalue weighted by molar-refractivity contribution is 6.08. The van der Waals surface area contributed by atoms with Gasteiger partial charge >= 0.3 is 0 Å². The molecule has 1 aromatic heterocycles. The largest absolute Gasteiger partial charge is 0.382 e. The van der Waals surface area contributed by atoms with E-state index in [1.54, 1.807) is 6.92 Å². The van der Waals surface area contributed by atoms with Gasteiger partial charge in [0.05, 0.1) is 6.42 Å². The molecule has 1 aliphatic rings. The lowest BCUT2D eigenvalue weighted by Crippen LogP contribution is -2.40. The van der Waals surface area contributed by atoms with Crippen LogP contribution < -0.4 is 11.1 Å². The Bertz CT molecular complexity index is 516. The molecule has 0 aliphatic carbocycles. The van der Waals surface area contributed by atoms with Crippen molar-refractivity contribution in [3.8, 4) is 0 Å². The standard InChI is InChI=1S/C10H13N5O3/c1-4-7(8(11)14-13-4)9(17)12-5-3-6(16)15(2)10(5)18/h5H,3H2,1-2H3,(H,12,17)(H3,11,13,14). The van der Waals surface area contributed by atoms with Crippen LogP contribution in [0.5, 0.6) is 0 Å². The third-order valence-corrected chi connectivity index (χ3v) is 2.89. The molecule has 0 radical (unpaired) electrons. The zero-order valence-corrected chi connectivity index (χ0v) is 9.98. The number of aromatic amines is 1. The Morgan fingerprint density at radius 3 is 2.67 bits per heavy atom. The maximum atomic E-state index is 11.9. The maximum absolute atomic E-state index is 11.9. The first kappa shape index (κ1) is 12.1. The monoisotopic (exact) mass is 251 g/mol. The molecule has 96 valence electrons. The Morgan fingerprint density at radius 2 is 2.22 bits per heavy atom. The smallest absolute Gasteiger partial charge is 0.257 e. The number of likely N-dealkylation sites (tertiary alicyclic amines) is 1. The molecule has 8 nitrogen and oxygen atoms in total. The summed E-state index contributed by atoms with van der Waals surface area (Å²) in [5.41, 5.74) is 6.25. The van der Waals surface area contributed by atoms with Gasteiger partial charge in [-0.05, 0) is 6.92 Å². The molecule has 2 heterocycles. The van der Waals surface area contributed by atoms with Crippen LogP contribution >= 0.6 is 0 Å². The first-order valence-electron chi connectivity index (χ1n) is 5.33. The number of hydrogen-bond donors (Lipinski definition) is 3. The number of amides is 3. The summed E-state index contributed by atoms with van der Waals surface area (Å²) in [5.74, 6) is -1.19. The Balaban J connectivity index is 2.14. The molecule has 1 aromatic rings. The molecule has 1 atom stereocenters. The van der Waals surface area contributed by atoms with Gasteiger partial charge in [0, 0.05) is 12.7 Å². The molecule has 1 unspecified atom stereocenters. The van der Waals surface area contributed by atoms with E-state index in [1.165, 1.54) is 7.05 Å². The zero-order valence-electron chi connectivity index (χ0n) is 9.98. The van der Waals surface area contributed by atoms with Crippen LogP contribution in [0.2, 0.25) is 0 Å². The highest BCUT2D eigenvalue weighted by Crippen LogP contribution is 2.15. The summed E-state index contributed by atoms with van der Waals surface area (Å²) >= 11 is 0. The van der Waals surface area contributed by atoms with E-state index in [1.807, 2.05) is 0 Å². The van der Waals surface area contributed by atoms with E-state index in [0.717, 1.165) is 4.90 Å². The highest BCUT2D eigenvalue weighted by atomic mass is 16.2. The average Bonchev–Trinajstić information content (AvgIpc) is 2.75. The predicted octanol–water partition coefficient (Wildman–Crippen LogP) is -1.21. The number of carbonyl (C=O) groups is 3. The normalized spacial score (nSPS) is 19.4. The number of aromatic nitrogens is 2. The summed E-state index contributed by atoms with van der Waals surface area (Å²) in [6.45, 7) is 1.64. The first-order valence-corrected chi connectivity index (χ1v) is 5.33. The SMILES string of the molecule is Cc1[nH]nc(N)c1C(=O)NC1CC(=O)N(C)C1=O. The minimum absolute atomic E-state index is 0.0299. The number of carbonyl (C=O) groups excluding carboxylic acids is 3. The van der Waals surface area contributed by atoms with Gasteiger partial charge in [-0.2, -0.15) is 5.10 Å². The van der Waals surface area contributed by atoms with Gasteiger partial charge in [-0.3, -0.25) is 24.4 Å². The lowest BCUT2D eigenvalue weighted by molar-refractivity contribution is -0.137. The number of H-pyrrole nitrogens is 1. The summed E-state index contributed by atoms with van der Waals surface area (Å²) < 4.78 is 0. The van der Waals surface area contributed by atoms with Crippen molar-refractivity contribution >= 4 is 23.5 Å². The summed E-state index contributed by atoms with van der Waals surface area (Å²) in [6, 6.07) is -0.830. The van der Waals surface area contributed by atoms with E-state index >= 15 is 0 Å². The van der Waals surface area contributed by atoms with Crippen LogP contribution in [0.4, 0.5) is 5.82 Å². The number of nitrogen functional groups attached to an aromatic ring is 1. The topological polar surface area (TPSA) is 121 Å². The summed E-state index contributed by atoms with van der Waals surface area (Å²) in [4.78, 5) is 35.9. The van der Waals surface area contributed by atoms with Crippen molar-refractivity contribution in [3.05, 3.63) is 11.3 Å². The molecular weight excluding hydrogens is 238 g/mol. The molecule has 2 rings (SSSR count). The van der Waals surface area contributed by atoms with E-state index < -0.39 is 17.9 Å². The van der Waals surface area contributed by atoms with Gasteiger partial charge in [0.1, 0.15) is 11.6 Å². The quantitative estimate of drug-likeness (QED) is 0.569. The highest BCUT2D eigenvalue weighted by Gasteiger charge is 2.37. The van der Waals surface area contributed by atoms with E-state index in [4.69, 9.17) is 5.73 Å². The van der Waals surface area contributed by atoms with Crippen molar-refractivity contribution < 1.29 is 14.4 Å². The third-order valence-electron chi connectivity index (χ3n) is 2.89. The van der Waals surface area contributed by atoms with Crippen molar-refractivity contribution in [2.45, 2.75) is 19.4 Å². The Hall–Kier alpha value is -2.38. The molecule has 0 aromatic carbocycles. The van der Waals surface area contributed by atoms with Gasteiger partial charge in [-0.1, -0.05) is 0 Å². The number of nitrogens with two attached hydrogens (primary N) is 1. The number of nitrogens with zero attached hydrogens (tertiary/aromatic N) is 2. The van der Waals surface area contributed by atoms with Crippen LogP contribution in [0, 0.1) is 6.92 Å². The molecule has 1 saturated heterocycles. The average molecular weight is 251 g/mol. The van der Waals surface area contributed by atoms with Crippen molar-refractivity contribution in [1.82, 2.24) is 20.4 Å². The Labute approximate surface area is 103 Å². The van der Waals surface area contributed by atoms with E-state index in [-0.39, 0.29) is 23.7 Å². The summed E-state index contributed by atoms with van der Waals surface area (Å²) in [5, 5.41) is 8.75. The van der Waals surface area contributed by atoms with Gasteiger partial charge in [0.15, 0.2) is 5.82 Å². The van der Waals surface area contributed by atoms with Crippen molar-refractivity contribution in [2.75, 3.05) is 12.8 Å². The van der Waals surface area contributed by atoms with Crippen LogP contribution in [0.25, 0.3) is 0 Å². The zero-order chi connectivity index (χ0) is 13.4. The minimum Gasteiger partial charge on any atom is -0.382 e. The molecule has 1 fully saturated rings. The second-order valence-corrected chi connectivity index (χ2v) is 4.13. The summed E-state index contributed by atoms with van der Waals surface area (Å²) in [7, 11) is 1.38. The fourth-order valence-electron chi connectivity index (χ4n) is 1.83.